The molecule has 0 unspecified atom stereocenters. The normalized spacial score (nSPS) is 15.2. The van der Waals surface area contributed by atoms with Crippen molar-refractivity contribution >= 4 is 16.0 Å². The zero-order chi connectivity index (χ0) is 14.0. The van der Waals surface area contributed by atoms with Crippen LogP contribution in [0.2, 0.25) is 0 Å². The Morgan fingerprint density at radius 3 is 2.79 bits per heavy atom. The van der Waals surface area contributed by atoms with Crippen LogP contribution >= 0.6 is 0 Å². The molecule has 0 spiro atoms. The van der Waals surface area contributed by atoms with Gasteiger partial charge in [-0.05, 0) is 23.6 Å². The second-order valence-electron chi connectivity index (χ2n) is 4.41. The second-order valence-corrected chi connectivity index (χ2v) is 6.50. The van der Waals surface area contributed by atoms with Crippen molar-refractivity contribution in [1.29, 1.82) is 0 Å². The van der Waals surface area contributed by atoms with Crippen LogP contribution < -0.4 is 0 Å². The summed E-state index contributed by atoms with van der Waals surface area (Å²) in [6.07, 6.45) is 1.95. The predicted molar refractivity (Wildman–Crippen MR) is 71.2 cm³/mol. The summed E-state index contributed by atoms with van der Waals surface area (Å²) in [6, 6.07) is 4.91. The Morgan fingerprint density at radius 1 is 1.42 bits per heavy atom. The minimum Gasteiger partial charge on any atom is -0.478 e. The van der Waals surface area contributed by atoms with Gasteiger partial charge in [-0.1, -0.05) is 18.2 Å². The van der Waals surface area contributed by atoms with Crippen molar-refractivity contribution in [3.8, 4) is 0 Å². The van der Waals surface area contributed by atoms with Gasteiger partial charge in [0.1, 0.15) is 0 Å². The zero-order valence-corrected chi connectivity index (χ0v) is 11.2. The van der Waals surface area contributed by atoms with Crippen LogP contribution in [0.3, 0.4) is 0 Å². The van der Waals surface area contributed by atoms with Crippen molar-refractivity contribution in [3.63, 3.8) is 0 Å². The maximum Gasteiger partial charge on any atom is 0.336 e. The number of benzene rings is 1. The van der Waals surface area contributed by atoms with Gasteiger partial charge in [0.15, 0.2) is 0 Å². The maximum atomic E-state index is 12.1. The molecule has 0 fully saturated rings. The van der Waals surface area contributed by atoms with Gasteiger partial charge in [0.05, 0.1) is 11.3 Å². The highest BCUT2D eigenvalue weighted by Crippen LogP contribution is 2.28. The van der Waals surface area contributed by atoms with E-state index in [1.54, 1.807) is 18.2 Å². The molecule has 1 aromatic rings. The molecule has 0 atom stereocenters. The van der Waals surface area contributed by atoms with Gasteiger partial charge in [-0.2, -0.15) is 4.31 Å². The van der Waals surface area contributed by atoms with E-state index in [1.165, 1.54) is 10.4 Å². The molecular weight excluding hydrogens is 266 g/mol. The molecule has 1 aromatic carbocycles. The van der Waals surface area contributed by atoms with Gasteiger partial charge in [-0.3, -0.25) is 0 Å². The lowest BCUT2D eigenvalue weighted by Gasteiger charge is -2.14. The fraction of sp³-hybridized carbons (Fsp3) is 0.308. The number of fused-ring (bicyclic) bond motifs is 1. The Kier molecular flexibility index (Phi) is 3.73. The number of nitrogens with zero attached hydrogens (tertiary/aromatic N) is 1. The summed E-state index contributed by atoms with van der Waals surface area (Å²) in [4.78, 5) is 11.1. The molecule has 0 amide bonds. The van der Waals surface area contributed by atoms with Crippen LogP contribution in [0.15, 0.2) is 30.9 Å². The lowest BCUT2D eigenvalue weighted by atomic mass is 10.0. The van der Waals surface area contributed by atoms with Crippen molar-refractivity contribution in [3.05, 3.63) is 47.5 Å². The molecule has 0 bridgehead atoms. The molecule has 102 valence electrons. The largest absolute Gasteiger partial charge is 0.478 e. The van der Waals surface area contributed by atoms with Crippen LogP contribution in [0.1, 0.15) is 27.9 Å². The lowest BCUT2D eigenvalue weighted by Crippen LogP contribution is -2.28. The second kappa shape index (κ2) is 5.14. The Labute approximate surface area is 112 Å². The van der Waals surface area contributed by atoms with Crippen LogP contribution in [-0.2, 0) is 23.1 Å². The number of aromatic carboxylic acids is 1. The average Bonchev–Trinajstić information content (AvgIpc) is 2.80. The summed E-state index contributed by atoms with van der Waals surface area (Å²) in [5, 5.41) is 9.10. The zero-order valence-electron chi connectivity index (χ0n) is 10.4. The highest BCUT2D eigenvalue weighted by Gasteiger charge is 2.31. The topological polar surface area (TPSA) is 74.7 Å². The number of carbonyl (C=O) groups is 1. The van der Waals surface area contributed by atoms with E-state index in [1.807, 2.05) is 0 Å². The van der Waals surface area contributed by atoms with Crippen molar-refractivity contribution in [2.24, 2.45) is 0 Å². The number of carboxylic acid groups (broad SMARTS) is 1. The standard InChI is InChI=1S/C13H15NO4S/c1-2-3-7-19(17,18)14-8-10-5-4-6-11(13(15)16)12(10)9-14/h2,4-6H,1,3,7-9H2,(H,15,16). The Hall–Kier alpha value is -1.66. The smallest absolute Gasteiger partial charge is 0.336 e. The van der Waals surface area contributed by atoms with E-state index < -0.39 is 16.0 Å². The third-order valence-corrected chi connectivity index (χ3v) is 4.95. The number of rotatable bonds is 5. The first-order valence-corrected chi connectivity index (χ1v) is 7.49. The molecule has 2 rings (SSSR count). The van der Waals surface area contributed by atoms with Gasteiger partial charge >= 0.3 is 5.97 Å². The molecule has 5 nitrogen and oxygen atoms in total. The Bertz CT molecular complexity index is 622. The Morgan fingerprint density at radius 2 is 2.16 bits per heavy atom. The fourth-order valence-electron chi connectivity index (χ4n) is 2.15. The third-order valence-electron chi connectivity index (χ3n) is 3.16. The highest BCUT2D eigenvalue weighted by molar-refractivity contribution is 7.89. The molecule has 0 radical (unpaired) electrons. The minimum atomic E-state index is -3.36. The molecule has 1 aliphatic rings. The van der Waals surface area contributed by atoms with E-state index >= 15 is 0 Å². The van der Waals surface area contributed by atoms with Crippen molar-refractivity contribution in [2.75, 3.05) is 5.75 Å². The van der Waals surface area contributed by atoms with E-state index in [0.717, 1.165) is 5.56 Å². The van der Waals surface area contributed by atoms with Gasteiger partial charge < -0.3 is 5.11 Å². The van der Waals surface area contributed by atoms with Crippen molar-refractivity contribution in [2.45, 2.75) is 19.5 Å². The average molecular weight is 281 g/mol. The SMILES string of the molecule is C=CCCS(=O)(=O)N1Cc2cccc(C(=O)O)c2C1. The lowest BCUT2D eigenvalue weighted by molar-refractivity contribution is 0.0695. The summed E-state index contributed by atoms with van der Waals surface area (Å²) in [5.74, 6) is -1.02. The van der Waals surface area contributed by atoms with E-state index in [9.17, 15) is 13.2 Å². The Balaban J connectivity index is 2.28. The molecule has 19 heavy (non-hydrogen) atoms. The summed E-state index contributed by atoms with van der Waals surface area (Å²) >= 11 is 0. The molecule has 1 aliphatic heterocycles. The number of sulfonamides is 1. The molecule has 0 aliphatic carbocycles. The van der Waals surface area contributed by atoms with Crippen LogP contribution in [0, 0.1) is 0 Å². The summed E-state index contributed by atoms with van der Waals surface area (Å²) in [5.41, 5.74) is 1.54. The molecule has 0 saturated carbocycles. The number of allylic oxidation sites excluding steroid dienone is 1. The van der Waals surface area contributed by atoms with E-state index in [2.05, 4.69) is 6.58 Å². The molecule has 0 aromatic heterocycles. The summed E-state index contributed by atoms with van der Waals surface area (Å²) in [6.45, 7) is 3.89. The maximum absolute atomic E-state index is 12.1. The third kappa shape index (κ3) is 2.69. The van der Waals surface area contributed by atoms with Gasteiger partial charge in [-0.15, -0.1) is 6.58 Å². The van der Waals surface area contributed by atoms with Gasteiger partial charge in [-0.25, -0.2) is 13.2 Å². The van der Waals surface area contributed by atoms with Gasteiger partial charge in [0.25, 0.3) is 0 Å². The highest BCUT2D eigenvalue weighted by atomic mass is 32.2. The van der Waals surface area contributed by atoms with Gasteiger partial charge in [0.2, 0.25) is 10.0 Å². The summed E-state index contributed by atoms with van der Waals surface area (Å²) < 4.78 is 25.5. The molecule has 1 N–H and O–H groups in total. The first-order valence-electron chi connectivity index (χ1n) is 5.88. The van der Waals surface area contributed by atoms with Crippen molar-refractivity contribution < 1.29 is 18.3 Å². The first kappa shape index (κ1) is 13.8. The quantitative estimate of drug-likeness (QED) is 0.832. The molecular formula is C13H15NO4S. The summed E-state index contributed by atoms with van der Waals surface area (Å²) in [7, 11) is -3.36. The van der Waals surface area contributed by atoms with Gasteiger partial charge in [0, 0.05) is 13.1 Å². The van der Waals surface area contributed by atoms with E-state index in [-0.39, 0.29) is 24.4 Å². The number of carboxylic acids is 1. The van der Waals surface area contributed by atoms with Crippen molar-refractivity contribution in [1.82, 2.24) is 4.31 Å². The molecule has 1 heterocycles. The molecule has 0 saturated heterocycles. The van der Waals surface area contributed by atoms with Crippen LogP contribution in [0.5, 0.6) is 0 Å². The number of hydrogen-bond acceptors (Lipinski definition) is 3. The van der Waals surface area contributed by atoms with Crippen LogP contribution in [0.4, 0.5) is 0 Å². The number of hydrogen-bond donors (Lipinski definition) is 1. The minimum absolute atomic E-state index is 0.00684. The van der Waals surface area contributed by atoms with Crippen LogP contribution in [-0.4, -0.2) is 29.6 Å². The van der Waals surface area contributed by atoms with Crippen LogP contribution in [0.25, 0.3) is 0 Å². The predicted octanol–water partition coefficient (Wildman–Crippen LogP) is 1.61. The van der Waals surface area contributed by atoms with E-state index in [0.29, 0.717) is 12.0 Å². The monoisotopic (exact) mass is 281 g/mol. The first-order chi connectivity index (χ1) is 8.95. The molecule has 6 heteroatoms. The van der Waals surface area contributed by atoms with E-state index in [4.69, 9.17) is 5.11 Å². The fourth-order valence-corrected chi connectivity index (χ4v) is 3.53.